The van der Waals surface area contributed by atoms with Crippen LogP contribution in [-0.2, 0) is 4.79 Å². The smallest absolute Gasteiger partial charge is 0.312 e. The van der Waals surface area contributed by atoms with E-state index in [1.165, 1.54) is 25.5 Å². The lowest BCUT2D eigenvalue weighted by Gasteiger charge is -2.26. The van der Waals surface area contributed by atoms with E-state index in [9.17, 15) is 19.5 Å². The van der Waals surface area contributed by atoms with E-state index in [1.807, 2.05) is 0 Å². The second-order valence-electron chi connectivity index (χ2n) is 7.82. The molecule has 1 aliphatic heterocycles. The highest BCUT2D eigenvalue weighted by atomic mass is 35.5. The third-order valence-corrected chi connectivity index (χ3v) is 6.10. The van der Waals surface area contributed by atoms with Crippen LogP contribution in [0.1, 0.15) is 39.4 Å². The summed E-state index contributed by atoms with van der Waals surface area (Å²) in [5, 5.41) is 11.9. The Bertz CT molecular complexity index is 1520. The van der Waals surface area contributed by atoms with Crippen molar-refractivity contribution in [3.63, 3.8) is 0 Å². The second-order valence-corrected chi connectivity index (χ2v) is 8.26. The number of esters is 1. The van der Waals surface area contributed by atoms with Crippen molar-refractivity contribution in [3.05, 3.63) is 98.4 Å². The molecule has 3 aromatic carbocycles. The summed E-state index contributed by atoms with van der Waals surface area (Å²) in [6, 6.07) is 13.9. The van der Waals surface area contributed by atoms with Crippen molar-refractivity contribution in [3.8, 4) is 17.2 Å². The monoisotopic (exact) mass is 476 g/mol. The Morgan fingerprint density at radius 2 is 1.85 bits per heavy atom. The number of benzene rings is 3. The molecule has 1 N–H and O–H groups in total. The Morgan fingerprint density at radius 1 is 1.09 bits per heavy atom. The molecule has 1 unspecified atom stereocenters. The van der Waals surface area contributed by atoms with Crippen LogP contribution >= 0.6 is 11.6 Å². The van der Waals surface area contributed by atoms with E-state index in [0.29, 0.717) is 21.9 Å². The fraction of sp³-hybridized carbons (Fsp3) is 0.115. The van der Waals surface area contributed by atoms with Crippen molar-refractivity contribution >= 4 is 34.3 Å². The number of halogens is 1. The van der Waals surface area contributed by atoms with Crippen LogP contribution in [0.2, 0.25) is 5.02 Å². The Morgan fingerprint density at radius 3 is 2.59 bits per heavy atom. The Labute approximate surface area is 198 Å². The van der Waals surface area contributed by atoms with Crippen LogP contribution in [-0.4, -0.2) is 24.0 Å². The zero-order valence-electron chi connectivity index (χ0n) is 17.8. The number of phenols is 1. The number of fused-ring (bicyclic) bond motifs is 2. The largest absolute Gasteiger partial charge is 0.507 e. The molecule has 1 atom stereocenters. The zero-order chi connectivity index (χ0) is 24.0. The molecule has 0 saturated heterocycles. The molecule has 0 amide bonds. The number of phenolic OH excluding ortho intramolecular Hbond substituents is 1. The molecule has 1 aliphatic rings. The predicted octanol–water partition coefficient (Wildman–Crippen LogP) is 4.83. The molecule has 34 heavy (non-hydrogen) atoms. The minimum atomic E-state index is -0.874. The Kier molecular flexibility index (Phi) is 5.34. The lowest BCUT2D eigenvalue weighted by atomic mass is 9.84. The Hall–Kier alpha value is -4.10. The minimum Gasteiger partial charge on any atom is -0.507 e. The van der Waals surface area contributed by atoms with Crippen molar-refractivity contribution < 1.29 is 28.6 Å². The Balaban J connectivity index is 1.67. The van der Waals surface area contributed by atoms with Crippen LogP contribution in [0.25, 0.3) is 11.0 Å². The summed E-state index contributed by atoms with van der Waals surface area (Å²) in [6.45, 7) is 0. The molecule has 8 heteroatoms. The third-order valence-electron chi connectivity index (χ3n) is 5.85. The van der Waals surface area contributed by atoms with E-state index in [0.717, 1.165) is 0 Å². The highest BCUT2D eigenvalue weighted by Crippen LogP contribution is 2.45. The van der Waals surface area contributed by atoms with Crippen LogP contribution < -0.4 is 14.9 Å². The van der Waals surface area contributed by atoms with Gasteiger partial charge in [-0.15, -0.1) is 0 Å². The second kappa shape index (κ2) is 8.35. The maximum absolute atomic E-state index is 13.4. The normalized spacial score (nSPS) is 15.0. The lowest BCUT2D eigenvalue weighted by molar-refractivity contribution is -0.135. The molecule has 0 aliphatic carbocycles. The number of hydrogen-bond acceptors (Lipinski definition) is 7. The molecule has 0 saturated carbocycles. The van der Waals surface area contributed by atoms with Gasteiger partial charge in [-0.3, -0.25) is 14.4 Å². The van der Waals surface area contributed by atoms with Crippen molar-refractivity contribution in [2.24, 2.45) is 0 Å². The molecule has 4 aromatic rings. The molecule has 2 heterocycles. The number of methoxy groups -OCH3 is 1. The molecule has 0 fully saturated rings. The van der Waals surface area contributed by atoms with Crippen molar-refractivity contribution in [2.45, 2.75) is 12.3 Å². The van der Waals surface area contributed by atoms with Gasteiger partial charge in [0, 0.05) is 27.6 Å². The SMILES string of the molecule is COc1ccc2occ(C3CC(=O)Oc4ccc(C(=O)c5ccc(Cl)cc5)c(O)c43)c(=O)c2c1. The van der Waals surface area contributed by atoms with Gasteiger partial charge in [0.15, 0.2) is 11.2 Å². The molecule has 170 valence electrons. The number of hydrogen-bond donors (Lipinski definition) is 1. The summed E-state index contributed by atoms with van der Waals surface area (Å²) in [6.07, 6.45) is 1.07. The summed E-state index contributed by atoms with van der Waals surface area (Å²) < 4.78 is 16.2. The number of ether oxygens (including phenoxy) is 2. The standard InChI is InChI=1S/C26H17ClO7/c1-32-15-6-8-20-18(10-15)25(30)19(12-33-20)17-11-22(28)34-21-9-7-16(26(31)23(17)21)24(29)13-2-4-14(27)5-3-13/h2-10,12,17,31H,11H2,1H3. The van der Waals surface area contributed by atoms with Gasteiger partial charge >= 0.3 is 5.97 Å². The van der Waals surface area contributed by atoms with Gasteiger partial charge in [-0.05, 0) is 54.6 Å². The highest BCUT2D eigenvalue weighted by Gasteiger charge is 2.35. The van der Waals surface area contributed by atoms with Gasteiger partial charge in [0.1, 0.15) is 22.8 Å². The summed E-state index contributed by atoms with van der Waals surface area (Å²) in [4.78, 5) is 38.8. The number of carbonyl (C=O) groups excluding carboxylic acids is 2. The van der Waals surface area contributed by atoms with Crippen molar-refractivity contribution in [1.82, 2.24) is 0 Å². The maximum atomic E-state index is 13.4. The molecule has 5 rings (SSSR count). The zero-order valence-corrected chi connectivity index (χ0v) is 18.6. The first-order valence-electron chi connectivity index (χ1n) is 10.3. The fourth-order valence-corrected chi connectivity index (χ4v) is 4.27. The molecule has 0 bridgehead atoms. The van der Waals surface area contributed by atoms with Crippen LogP contribution in [0.3, 0.4) is 0 Å². The van der Waals surface area contributed by atoms with Crippen molar-refractivity contribution in [2.75, 3.05) is 7.11 Å². The van der Waals surface area contributed by atoms with Crippen LogP contribution in [0.15, 0.2) is 70.1 Å². The van der Waals surface area contributed by atoms with E-state index in [4.69, 9.17) is 25.5 Å². The first-order chi connectivity index (χ1) is 16.4. The predicted molar refractivity (Wildman–Crippen MR) is 124 cm³/mol. The number of carbonyl (C=O) groups is 2. The third kappa shape index (κ3) is 3.60. The topological polar surface area (TPSA) is 103 Å². The van der Waals surface area contributed by atoms with Crippen LogP contribution in [0.5, 0.6) is 17.2 Å². The molecule has 0 radical (unpaired) electrons. The quantitative estimate of drug-likeness (QED) is 0.255. The summed E-state index contributed by atoms with van der Waals surface area (Å²) >= 11 is 5.91. The van der Waals surface area contributed by atoms with E-state index in [-0.39, 0.29) is 45.4 Å². The minimum absolute atomic E-state index is 0.0101. The van der Waals surface area contributed by atoms with E-state index >= 15 is 0 Å². The van der Waals surface area contributed by atoms with Gasteiger partial charge in [-0.25, -0.2) is 0 Å². The van der Waals surface area contributed by atoms with Gasteiger partial charge in [0.05, 0.1) is 30.7 Å². The van der Waals surface area contributed by atoms with E-state index in [1.54, 1.807) is 42.5 Å². The van der Waals surface area contributed by atoms with E-state index in [2.05, 4.69) is 0 Å². The average Bonchev–Trinajstić information content (AvgIpc) is 2.84. The average molecular weight is 477 g/mol. The van der Waals surface area contributed by atoms with Crippen molar-refractivity contribution in [1.29, 1.82) is 0 Å². The number of aromatic hydroxyl groups is 1. The van der Waals surface area contributed by atoms with Gasteiger partial charge in [-0.2, -0.15) is 0 Å². The maximum Gasteiger partial charge on any atom is 0.312 e. The first kappa shape index (κ1) is 21.7. The van der Waals surface area contributed by atoms with Gasteiger partial charge in [0.2, 0.25) is 0 Å². The van der Waals surface area contributed by atoms with E-state index < -0.39 is 17.7 Å². The summed E-state index contributed by atoms with van der Waals surface area (Å²) in [7, 11) is 1.48. The molecule has 1 aromatic heterocycles. The molecule has 7 nitrogen and oxygen atoms in total. The number of ketones is 1. The van der Waals surface area contributed by atoms with Crippen LogP contribution in [0.4, 0.5) is 0 Å². The van der Waals surface area contributed by atoms with Crippen LogP contribution in [0, 0.1) is 0 Å². The van der Waals surface area contributed by atoms with Gasteiger partial charge in [0.25, 0.3) is 0 Å². The summed E-state index contributed by atoms with van der Waals surface area (Å²) in [5.74, 6) is -1.70. The molecular formula is C26H17ClO7. The fourth-order valence-electron chi connectivity index (χ4n) is 4.15. The highest BCUT2D eigenvalue weighted by molar-refractivity contribution is 6.30. The first-order valence-corrected chi connectivity index (χ1v) is 10.7. The summed E-state index contributed by atoms with van der Waals surface area (Å²) in [5.41, 5.74) is 0.639. The van der Waals surface area contributed by atoms with Gasteiger partial charge < -0.3 is 19.0 Å². The van der Waals surface area contributed by atoms with Gasteiger partial charge in [-0.1, -0.05) is 11.6 Å². The molecule has 0 spiro atoms. The molecular weight excluding hydrogens is 460 g/mol. The number of rotatable bonds is 4. The lowest BCUT2D eigenvalue weighted by Crippen LogP contribution is -2.25.